The van der Waals surface area contributed by atoms with Crippen LogP contribution in [0.5, 0.6) is 11.5 Å². The lowest BCUT2D eigenvalue weighted by atomic mass is 9.75. The zero-order valence-electron chi connectivity index (χ0n) is 15.5. The third kappa shape index (κ3) is 2.41. The molecule has 0 saturated heterocycles. The fourth-order valence-electron chi connectivity index (χ4n) is 4.33. The molecule has 0 amide bonds. The van der Waals surface area contributed by atoms with Gasteiger partial charge in [0.1, 0.15) is 17.3 Å². The van der Waals surface area contributed by atoms with Gasteiger partial charge in [-0.05, 0) is 26.2 Å². The van der Waals surface area contributed by atoms with Crippen LogP contribution >= 0.6 is 0 Å². The van der Waals surface area contributed by atoms with Gasteiger partial charge in [-0.2, -0.15) is 0 Å². The molecule has 0 radical (unpaired) electrons. The van der Waals surface area contributed by atoms with E-state index >= 15 is 0 Å². The van der Waals surface area contributed by atoms with E-state index in [1.807, 2.05) is 0 Å². The highest BCUT2D eigenvalue weighted by Crippen LogP contribution is 2.47. The number of rotatable bonds is 3. The number of fused-ring (bicyclic) bond motifs is 3. The van der Waals surface area contributed by atoms with Crippen molar-refractivity contribution < 1.29 is 23.9 Å². The minimum Gasteiger partial charge on any atom is -0.496 e. The first-order valence-electron chi connectivity index (χ1n) is 8.98. The van der Waals surface area contributed by atoms with E-state index in [-0.39, 0.29) is 34.4 Å². The van der Waals surface area contributed by atoms with E-state index in [0.717, 1.165) is 11.1 Å². The molecule has 1 unspecified atom stereocenters. The van der Waals surface area contributed by atoms with Crippen LogP contribution < -0.4 is 9.47 Å². The van der Waals surface area contributed by atoms with E-state index in [9.17, 15) is 14.4 Å². The number of hydrogen-bond acceptors (Lipinski definition) is 5. The maximum Gasteiger partial charge on any atom is 0.198 e. The summed E-state index contributed by atoms with van der Waals surface area (Å²) < 4.78 is 11.3. The van der Waals surface area contributed by atoms with E-state index in [0.29, 0.717) is 41.9 Å². The van der Waals surface area contributed by atoms with Crippen LogP contribution in [-0.2, 0) is 17.6 Å². The quantitative estimate of drug-likeness (QED) is 0.714. The summed E-state index contributed by atoms with van der Waals surface area (Å²) >= 11 is 0. The second kappa shape index (κ2) is 6.34. The van der Waals surface area contributed by atoms with Crippen LogP contribution in [0.3, 0.4) is 0 Å². The Morgan fingerprint density at radius 1 is 0.926 bits per heavy atom. The maximum atomic E-state index is 13.2. The standard InChI is InChI=1S/C22H20O5/c1-11(23)12-8-9-15-16(10-12)22(27-3)18-17(21(15)26-2)19(24)13-6-4-5-7-14(13)20(18)25/h4-7,12H,8-10H2,1-3H3. The first-order chi connectivity index (χ1) is 13.0. The van der Waals surface area contributed by atoms with Crippen LogP contribution in [0.15, 0.2) is 24.3 Å². The summed E-state index contributed by atoms with van der Waals surface area (Å²) in [6.07, 6.45) is 1.79. The highest BCUT2D eigenvalue weighted by molar-refractivity contribution is 6.30. The van der Waals surface area contributed by atoms with Gasteiger partial charge in [0.2, 0.25) is 0 Å². The molecular weight excluding hydrogens is 344 g/mol. The largest absolute Gasteiger partial charge is 0.496 e. The number of carbonyl (C=O) groups is 3. The number of Topliss-reactive ketones (excluding diaryl/α,β-unsaturated/α-hetero) is 1. The number of benzene rings is 2. The molecule has 27 heavy (non-hydrogen) atoms. The third-order valence-corrected chi connectivity index (χ3v) is 5.66. The molecule has 138 valence electrons. The number of methoxy groups -OCH3 is 2. The van der Waals surface area contributed by atoms with Gasteiger partial charge in [-0.1, -0.05) is 24.3 Å². The molecule has 5 nitrogen and oxygen atoms in total. The van der Waals surface area contributed by atoms with Gasteiger partial charge in [-0.15, -0.1) is 0 Å². The van der Waals surface area contributed by atoms with Gasteiger partial charge in [0.05, 0.1) is 25.3 Å². The van der Waals surface area contributed by atoms with Crippen LogP contribution in [0.2, 0.25) is 0 Å². The van der Waals surface area contributed by atoms with Gasteiger partial charge in [-0.25, -0.2) is 0 Å². The summed E-state index contributed by atoms with van der Waals surface area (Å²) in [6.45, 7) is 1.59. The summed E-state index contributed by atoms with van der Waals surface area (Å²) in [5.74, 6) is 0.369. The topological polar surface area (TPSA) is 69.7 Å². The molecule has 2 aliphatic carbocycles. The lowest BCUT2D eigenvalue weighted by molar-refractivity contribution is -0.121. The monoisotopic (exact) mass is 364 g/mol. The Morgan fingerprint density at radius 3 is 1.93 bits per heavy atom. The Labute approximate surface area is 157 Å². The molecule has 0 fully saturated rings. The van der Waals surface area contributed by atoms with Gasteiger partial charge in [-0.3, -0.25) is 14.4 Å². The summed E-state index contributed by atoms with van der Waals surface area (Å²) in [5.41, 5.74) is 2.95. The van der Waals surface area contributed by atoms with Crippen LogP contribution in [0.25, 0.3) is 0 Å². The second-order valence-corrected chi connectivity index (χ2v) is 7.03. The molecule has 1 atom stereocenters. The fourth-order valence-corrected chi connectivity index (χ4v) is 4.33. The van der Waals surface area contributed by atoms with Gasteiger partial charge in [0.15, 0.2) is 11.6 Å². The Bertz CT molecular complexity index is 1000. The fraction of sp³-hybridized carbons (Fsp3) is 0.318. The Kier molecular flexibility index (Phi) is 4.10. The lowest BCUT2D eigenvalue weighted by Gasteiger charge is -2.31. The Morgan fingerprint density at radius 2 is 1.44 bits per heavy atom. The van der Waals surface area contributed by atoms with Gasteiger partial charge < -0.3 is 9.47 Å². The molecule has 0 bridgehead atoms. The van der Waals surface area contributed by atoms with Gasteiger partial charge in [0.25, 0.3) is 0 Å². The lowest BCUT2D eigenvalue weighted by Crippen LogP contribution is -2.27. The van der Waals surface area contributed by atoms with Crippen LogP contribution in [0, 0.1) is 5.92 Å². The highest BCUT2D eigenvalue weighted by Gasteiger charge is 2.40. The number of ether oxygens (including phenoxy) is 2. The van der Waals surface area contributed by atoms with Crippen molar-refractivity contribution in [2.24, 2.45) is 5.92 Å². The first-order valence-corrected chi connectivity index (χ1v) is 8.98. The molecule has 5 heteroatoms. The van der Waals surface area contributed by atoms with Crippen molar-refractivity contribution in [2.45, 2.75) is 26.2 Å². The van der Waals surface area contributed by atoms with E-state index in [1.165, 1.54) is 14.2 Å². The smallest absolute Gasteiger partial charge is 0.198 e. The SMILES string of the molecule is COc1c2c(c(OC)c3c1C(=O)c1ccccc1C3=O)CC(C(C)=O)CC2. The van der Waals surface area contributed by atoms with Gasteiger partial charge >= 0.3 is 0 Å². The molecule has 0 spiro atoms. The van der Waals surface area contributed by atoms with Gasteiger partial charge in [0, 0.05) is 28.2 Å². The molecule has 0 saturated carbocycles. The van der Waals surface area contributed by atoms with Crippen molar-refractivity contribution in [3.05, 3.63) is 57.6 Å². The summed E-state index contributed by atoms with van der Waals surface area (Å²) in [6, 6.07) is 6.80. The molecule has 0 N–H and O–H groups in total. The molecule has 2 aromatic carbocycles. The van der Waals surface area contributed by atoms with E-state index in [4.69, 9.17) is 9.47 Å². The van der Waals surface area contributed by atoms with E-state index in [2.05, 4.69) is 0 Å². The first kappa shape index (κ1) is 17.5. The minimum absolute atomic E-state index is 0.115. The molecule has 2 aliphatic rings. The molecule has 4 rings (SSSR count). The van der Waals surface area contributed by atoms with Crippen molar-refractivity contribution in [1.29, 1.82) is 0 Å². The van der Waals surface area contributed by atoms with E-state index < -0.39 is 0 Å². The van der Waals surface area contributed by atoms with Crippen molar-refractivity contribution >= 4 is 17.3 Å². The predicted molar refractivity (Wildman–Crippen MR) is 99.0 cm³/mol. The maximum absolute atomic E-state index is 13.2. The molecule has 0 aliphatic heterocycles. The van der Waals surface area contributed by atoms with E-state index in [1.54, 1.807) is 31.2 Å². The molecule has 0 heterocycles. The highest BCUT2D eigenvalue weighted by atomic mass is 16.5. The van der Waals surface area contributed by atoms with Crippen LogP contribution in [0.4, 0.5) is 0 Å². The zero-order valence-corrected chi connectivity index (χ0v) is 15.5. The molecule has 0 aromatic heterocycles. The second-order valence-electron chi connectivity index (χ2n) is 7.03. The molecular formula is C22H20O5. The predicted octanol–water partition coefficient (Wildman–Crippen LogP) is 3.17. The number of carbonyl (C=O) groups excluding carboxylic acids is 3. The van der Waals surface area contributed by atoms with Crippen LogP contribution in [-0.4, -0.2) is 31.6 Å². The third-order valence-electron chi connectivity index (χ3n) is 5.66. The van der Waals surface area contributed by atoms with Crippen molar-refractivity contribution in [3.63, 3.8) is 0 Å². The normalized spacial score (nSPS) is 17.7. The minimum atomic E-state index is -0.247. The van der Waals surface area contributed by atoms with Crippen LogP contribution in [0.1, 0.15) is 56.3 Å². The Balaban J connectivity index is 2.04. The molecule has 2 aromatic rings. The Hall–Kier alpha value is -2.95. The summed E-state index contributed by atoms with van der Waals surface area (Å²) in [7, 11) is 3.01. The summed E-state index contributed by atoms with van der Waals surface area (Å²) in [5, 5.41) is 0. The summed E-state index contributed by atoms with van der Waals surface area (Å²) in [4.78, 5) is 38.4. The zero-order chi connectivity index (χ0) is 19.3. The van der Waals surface area contributed by atoms with Crippen molar-refractivity contribution in [3.8, 4) is 11.5 Å². The average molecular weight is 364 g/mol. The van der Waals surface area contributed by atoms with Crippen molar-refractivity contribution in [2.75, 3.05) is 14.2 Å². The number of ketones is 3. The number of hydrogen-bond donors (Lipinski definition) is 0. The average Bonchev–Trinajstić information content (AvgIpc) is 2.69. The van der Waals surface area contributed by atoms with Crippen molar-refractivity contribution in [1.82, 2.24) is 0 Å².